The van der Waals surface area contributed by atoms with Crippen LogP contribution in [0.15, 0.2) is 54.7 Å². The van der Waals surface area contributed by atoms with E-state index < -0.39 is 0 Å². The molecule has 0 atom stereocenters. The number of phenols is 1. The molecule has 0 unspecified atom stereocenters. The maximum Gasteiger partial charge on any atom is 0.155 e. The van der Waals surface area contributed by atoms with Crippen molar-refractivity contribution in [2.75, 3.05) is 7.11 Å². The van der Waals surface area contributed by atoms with Crippen LogP contribution in [-0.4, -0.2) is 23.0 Å². The largest absolute Gasteiger partial charge is 0.508 e. The van der Waals surface area contributed by atoms with Crippen molar-refractivity contribution >= 4 is 22.8 Å². The first-order chi connectivity index (χ1) is 12.2. The zero-order chi connectivity index (χ0) is 17.6. The van der Waals surface area contributed by atoms with Gasteiger partial charge < -0.3 is 14.8 Å². The van der Waals surface area contributed by atoms with Gasteiger partial charge in [-0.25, -0.2) is 0 Å². The number of allylic oxidation sites excluding steroid dienone is 1. The normalized spacial score (nSPS) is 11.2. The second-order valence-electron chi connectivity index (χ2n) is 5.97. The fraction of sp³-hybridized carbons (Fsp3) is 0.190. The fourth-order valence-electron chi connectivity index (χ4n) is 2.81. The van der Waals surface area contributed by atoms with Gasteiger partial charge in [0.15, 0.2) is 5.78 Å². The first-order valence-electron chi connectivity index (χ1n) is 8.29. The highest BCUT2D eigenvalue weighted by atomic mass is 16.5. The molecule has 0 saturated carbocycles. The number of nitrogens with one attached hydrogen (secondary N) is 1. The number of benzene rings is 2. The van der Waals surface area contributed by atoms with Crippen LogP contribution in [0.25, 0.3) is 17.0 Å². The van der Waals surface area contributed by atoms with Crippen LogP contribution in [-0.2, 0) is 11.2 Å². The molecule has 0 saturated heterocycles. The van der Waals surface area contributed by atoms with Crippen LogP contribution in [0.1, 0.15) is 24.0 Å². The molecule has 0 spiro atoms. The lowest BCUT2D eigenvalue weighted by Gasteiger charge is -2.00. The number of fused-ring (bicyclic) bond motifs is 1. The highest BCUT2D eigenvalue weighted by molar-refractivity contribution is 5.93. The smallest absolute Gasteiger partial charge is 0.155 e. The van der Waals surface area contributed by atoms with Crippen LogP contribution in [0.3, 0.4) is 0 Å². The van der Waals surface area contributed by atoms with Gasteiger partial charge in [-0.1, -0.05) is 18.2 Å². The van der Waals surface area contributed by atoms with Crippen molar-refractivity contribution in [2.24, 2.45) is 0 Å². The van der Waals surface area contributed by atoms with Crippen molar-refractivity contribution in [3.05, 3.63) is 65.9 Å². The number of ether oxygens (including phenoxy) is 1. The number of hydrogen-bond donors (Lipinski definition) is 2. The molecule has 0 bridgehead atoms. The molecular weight excluding hydrogens is 314 g/mol. The SMILES string of the molecule is COc1ccc(/C=C/C(=O)CCCc2c[nH]c3ccc(O)cc23)cc1. The number of aromatic hydroxyl groups is 1. The summed E-state index contributed by atoms with van der Waals surface area (Å²) >= 11 is 0. The minimum atomic E-state index is 0.110. The van der Waals surface area contributed by atoms with Gasteiger partial charge in [0.25, 0.3) is 0 Å². The summed E-state index contributed by atoms with van der Waals surface area (Å²) in [5.41, 5.74) is 3.10. The molecule has 1 aromatic heterocycles. The quantitative estimate of drug-likeness (QED) is 0.626. The summed E-state index contributed by atoms with van der Waals surface area (Å²) in [5, 5.41) is 10.6. The fourth-order valence-corrected chi connectivity index (χ4v) is 2.81. The number of methoxy groups -OCH3 is 1. The number of carbonyl (C=O) groups excluding carboxylic acids is 1. The van der Waals surface area contributed by atoms with Gasteiger partial charge >= 0.3 is 0 Å². The van der Waals surface area contributed by atoms with Gasteiger partial charge in [-0.15, -0.1) is 0 Å². The van der Waals surface area contributed by atoms with Gasteiger partial charge in [-0.05, 0) is 60.4 Å². The monoisotopic (exact) mass is 335 g/mol. The Hall–Kier alpha value is -3.01. The van der Waals surface area contributed by atoms with Crippen LogP contribution in [0.2, 0.25) is 0 Å². The molecule has 2 aromatic carbocycles. The van der Waals surface area contributed by atoms with E-state index in [1.807, 2.05) is 42.6 Å². The van der Waals surface area contributed by atoms with E-state index >= 15 is 0 Å². The number of aryl methyl sites for hydroxylation is 1. The van der Waals surface area contributed by atoms with Gasteiger partial charge in [-0.2, -0.15) is 0 Å². The summed E-state index contributed by atoms with van der Waals surface area (Å²) in [6, 6.07) is 12.9. The Labute approximate surface area is 146 Å². The maximum absolute atomic E-state index is 12.0. The first kappa shape index (κ1) is 16.8. The molecule has 0 aliphatic carbocycles. The van der Waals surface area contributed by atoms with E-state index in [4.69, 9.17) is 4.74 Å². The van der Waals surface area contributed by atoms with Crippen molar-refractivity contribution in [1.29, 1.82) is 0 Å². The third-order valence-corrected chi connectivity index (χ3v) is 4.20. The summed E-state index contributed by atoms with van der Waals surface area (Å²) in [6.07, 6.45) is 7.47. The van der Waals surface area contributed by atoms with E-state index in [9.17, 15) is 9.90 Å². The van der Waals surface area contributed by atoms with Gasteiger partial charge in [0.2, 0.25) is 0 Å². The number of phenolic OH excluding ortho intramolecular Hbond substituents is 1. The van der Waals surface area contributed by atoms with E-state index in [-0.39, 0.29) is 11.5 Å². The number of H-pyrrole nitrogens is 1. The van der Waals surface area contributed by atoms with Crippen molar-refractivity contribution in [2.45, 2.75) is 19.3 Å². The maximum atomic E-state index is 12.0. The first-order valence-corrected chi connectivity index (χ1v) is 8.29. The summed E-state index contributed by atoms with van der Waals surface area (Å²) < 4.78 is 5.11. The average Bonchev–Trinajstić information content (AvgIpc) is 3.02. The molecule has 0 amide bonds. The third-order valence-electron chi connectivity index (χ3n) is 4.20. The van der Waals surface area contributed by atoms with Crippen molar-refractivity contribution in [3.8, 4) is 11.5 Å². The minimum absolute atomic E-state index is 0.110. The number of ketones is 1. The number of carbonyl (C=O) groups is 1. The predicted molar refractivity (Wildman–Crippen MR) is 99.9 cm³/mol. The van der Waals surface area contributed by atoms with Crippen LogP contribution in [0.4, 0.5) is 0 Å². The van der Waals surface area contributed by atoms with E-state index in [1.54, 1.807) is 25.3 Å². The molecule has 0 fully saturated rings. The molecule has 0 radical (unpaired) electrons. The summed E-state index contributed by atoms with van der Waals surface area (Å²) in [4.78, 5) is 15.2. The Morgan fingerprint density at radius 1 is 1.20 bits per heavy atom. The number of aromatic nitrogens is 1. The zero-order valence-corrected chi connectivity index (χ0v) is 14.2. The second-order valence-corrected chi connectivity index (χ2v) is 5.97. The molecule has 4 nitrogen and oxygen atoms in total. The lowest BCUT2D eigenvalue weighted by Crippen LogP contribution is -1.94. The molecular formula is C21H21NO3. The van der Waals surface area contributed by atoms with Crippen LogP contribution < -0.4 is 4.74 Å². The highest BCUT2D eigenvalue weighted by Gasteiger charge is 2.05. The highest BCUT2D eigenvalue weighted by Crippen LogP contribution is 2.24. The molecule has 4 heteroatoms. The Bertz CT molecular complexity index is 891. The van der Waals surface area contributed by atoms with Gasteiger partial charge in [0.1, 0.15) is 11.5 Å². The Balaban J connectivity index is 1.53. The topological polar surface area (TPSA) is 62.3 Å². The molecule has 2 N–H and O–H groups in total. The molecule has 3 rings (SSSR count). The van der Waals surface area contributed by atoms with E-state index in [0.29, 0.717) is 6.42 Å². The summed E-state index contributed by atoms with van der Waals surface area (Å²) in [6.45, 7) is 0. The van der Waals surface area contributed by atoms with E-state index in [2.05, 4.69) is 4.98 Å². The Kier molecular flexibility index (Phi) is 5.19. The lowest BCUT2D eigenvalue weighted by atomic mass is 10.0. The molecule has 1 heterocycles. The molecule has 25 heavy (non-hydrogen) atoms. The number of aromatic amines is 1. The van der Waals surface area contributed by atoms with Crippen LogP contribution in [0, 0.1) is 0 Å². The molecule has 128 valence electrons. The van der Waals surface area contributed by atoms with E-state index in [1.165, 1.54) is 0 Å². The Morgan fingerprint density at radius 2 is 2.00 bits per heavy atom. The molecule has 3 aromatic rings. The van der Waals surface area contributed by atoms with Crippen molar-refractivity contribution in [1.82, 2.24) is 4.98 Å². The van der Waals surface area contributed by atoms with Crippen molar-refractivity contribution in [3.63, 3.8) is 0 Å². The Morgan fingerprint density at radius 3 is 2.76 bits per heavy atom. The van der Waals surface area contributed by atoms with Crippen molar-refractivity contribution < 1.29 is 14.6 Å². The third kappa shape index (κ3) is 4.29. The molecule has 0 aliphatic heterocycles. The molecule has 0 aliphatic rings. The van der Waals surface area contributed by atoms with Gasteiger partial charge in [0, 0.05) is 23.5 Å². The minimum Gasteiger partial charge on any atom is -0.508 e. The van der Waals surface area contributed by atoms with Gasteiger partial charge in [-0.3, -0.25) is 4.79 Å². The second kappa shape index (κ2) is 7.71. The average molecular weight is 335 g/mol. The standard InChI is InChI=1S/C21H21NO3/c1-25-19-10-6-15(7-11-19)5-8-17(23)4-2-3-16-14-22-21-12-9-18(24)13-20(16)21/h5-14,22,24H,2-4H2,1H3/b8-5+. The number of rotatable bonds is 7. The van der Waals surface area contributed by atoms with Crippen LogP contribution >= 0.6 is 0 Å². The predicted octanol–water partition coefficient (Wildman–Crippen LogP) is 4.49. The number of hydrogen-bond acceptors (Lipinski definition) is 3. The van der Waals surface area contributed by atoms with Crippen LogP contribution in [0.5, 0.6) is 11.5 Å². The summed E-state index contributed by atoms with van der Waals surface area (Å²) in [7, 11) is 1.63. The summed E-state index contributed by atoms with van der Waals surface area (Å²) in [5.74, 6) is 1.17. The van der Waals surface area contributed by atoms with E-state index in [0.717, 1.165) is 40.6 Å². The lowest BCUT2D eigenvalue weighted by molar-refractivity contribution is -0.114. The van der Waals surface area contributed by atoms with Gasteiger partial charge in [0.05, 0.1) is 7.11 Å². The zero-order valence-electron chi connectivity index (χ0n) is 14.2.